The van der Waals surface area contributed by atoms with E-state index in [2.05, 4.69) is 5.32 Å². The van der Waals surface area contributed by atoms with Crippen LogP contribution in [0.25, 0.3) is 0 Å². The van der Waals surface area contributed by atoms with Gasteiger partial charge in [-0.1, -0.05) is 23.2 Å². The zero-order chi connectivity index (χ0) is 13.2. The molecule has 0 amide bonds. The van der Waals surface area contributed by atoms with Crippen molar-refractivity contribution in [1.29, 1.82) is 0 Å². The quantitative estimate of drug-likeness (QED) is 0.548. The van der Waals surface area contributed by atoms with E-state index < -0.39 is 0 Å². The second-order valence-electron chi connectivity index (χ2n) is 3.72. The van der Waals surface area contributed by atoms with Gasteiger partial charge in [0, 0.05) is 30.4 Å². The van der Waals surface area contributed by atoms with Gasteiger partial charge in [0.2, 0.25) is 0 Å². The lowest BCUT2D eigenvalue weighted by Gasteiger charge is -2.05. The second-order valence-corrected chi connectivity index (χ2v) is 5.71. The standard InChI is InChI=1S/C13H19Cl2NOS/c1-2-17-8-3-6-16-7-9-18-11-4-5-12(14)13(15)10-11/h4-5,10,16H,2-3,6-9H2,1H3. The van der Waals surface area contributed by atoms with Crippen LogP contribution in [-0.2, 0) is 4.74 Å². The maximum atomic E-state index is 5.95. The highest BCUT2D eigenvalue weighted by atomic mass is 35.5. The molecule has 0 aromatic heterocycles. The summed E-state index contributed by atoms with van der Waals surface area (Å²) in [6, 6.07) is 5.74. The Balaban J connectivity index is 2.05. The van der Waals surface area contributed by atoms with Crippen LogP contribution in [0.1, 0.15) is 13.3 Å². The van der Waals surface area contributed by atoms with Crippen LogP contribution in [0.15, 0.2) is 23.1 Å². The minimum absolute atomic E-state index is 0.607. The van der Waals surface area contributed by atoms with Crippen molar-refractivity contribution >= 4 is 35.0 Å². The molecule has 0 aliphatic carbocycles. The van der Waals surface area contributed by atoms with Gasteiger partial charge in [0.15, 0.2) is 0 Å². The largest absolute Gasteiger partial charge is 0.382 e. The molecule has 0 saturated carbocycles. The normalized spacial score (nSPS) is 10.8. The lowest BCUT2D eigenvalue weighted by molar-refractivity contribution is 0.145. The molecule has 1 N–H and O–H groups in total. The van der Waals surface area contributed by atoms with Gasteiger partial charge in [-0.05, 0) is 38.1 Å². The van der Waals surface area contributed by atoms with Crippen LogP contribution in [0.2, 0.25) is 10.0 Å². The Labute approximate surface area is 123 Å². The number of halogens is 2. The van der Waals surface area contributed by atoms with Crippen LogP contribution >= 0.6 is 35.0 Å². The van der Waals surface area contributed by atoms with E-state index in [4.69, 9.17) is 27.9 Å². The first-order valence-electron chi connectivity index (χ1n) is 6.10. The molecule has 2 nitrogen and oxygen atoms in total. The van der Waals surface area contributed by atoms with Gasteiger partial charge in [-0.25, -0.2) is 0 Å². The summed E-state index contributed by atoms with van der Waals surface area (Å²) >= 11 is 13.6. The average Bonchev–Trinajstić information content (AvgIpc) is 2.37. The van der Waals surface area contributed by atoms with E-state index in [1.54, 1.807) is 11.8 Å². The van der Waals surface area contributed by atoms with Gasteiger partial charge in [-0.2, -0.15) is 0 Å². The molecule has 18 heavy (non-hydrogen) atoms. The molecule has 1 aromatic carbocycles. The summed E-state index contributed by atoms with van der Waals surface area (Å²) in [7, 11) is 0. The first-order chi connectivity index (χ1) is 8.74. The first kappa shape index (κ1) is 16.1. The summed E-state index contributed by atoms with van der Waals surface area (Å²) in [5.41, 5.74) is 0. The lowest BCUT2D eigenvalue weighted by atomic mass is 10.4. The zero-order valence-corrected chi connectivity index (χ0v) is 12.9. The summed E-state index contributed by atoms with van der Waals surface area (Å²) in [4.78, 5) is 1.15. The highest BCUT2D eigenvalue weighted by Gasteiger charge is 1.99. The summed E-state index contributed by atoms with van der Waals surface area (Å²) in [6.07, 6.45) is 1.06. The molecular weight excluding hydrogens is 289 g/mol. The van der Waals surface area contributed by atoms with E-state index in [0.29, 0.717) is 10.0 Å². The summed E-state index contributed by atoms with van der Waals surface area (Å²) in [5.74, 6) is 1.02. The predicted molar refractivity (Wildman–Crippen MR) is 81.2 cm³/mol. The number of nitrogens with one attached hydrogen (secondary N) is 1. The molecule has 102 valence electrons. The van der Waals surface area contributed by atoms with Crippen molar-refractivity contribution in [1.82, 2.24) is 5.32 Å². The van der Waals surface area contributed by atoms with E-state index in [9.17, 15) is 0 Å². The molecule has 0 heterocycles. The number of benzene rings is 1. The van der Waals surface area contributed by atoms with Crippen molar-refractivity contribution in [3.8, 4) is 0 Å². The minimum atomic E-state index is 0.607. The maximum absolute atomic E-state index is 5.95. The molecule has 0 saturated heterocycles. The third-order valence-corrected chi connectivity index (χ3v) is 4.02. The Hall–Kier alpha value is 0.0700. The fourth-order valence-corrected chi connectivity index (χ4v) is 2.59. The summed E-state index contributed by atoms with van der Waals surface area (Å²) < 4.78 is 5.26. The minimum Gasteiger partial charge on any atom is -0.382 e. The van der Waals surface area contributed by atoms with Crippen LogP contribution in [0, 0.1) is 0 Å². The van der Waals surface area contributed by atoms with Crippen LogP contribution in [-0.4, -0.2) is 32.1 Å². The van der Waals surface area contributed by atoms with Crippen molar-refractivity contribution in [2.24, 2.45) is 0 Å². The predicted octanol–water partition coefficient (Wildman–Crippen LogP) is 4.10. The molecule has 0 atom stereocenters. The second kappa shape index (κ2) is 9.93. The molecule has 0 bridgehead atoms. The molecule has 0 radical (unpaired) electrons. The topological polar surface area (TPSA) is 21.3 Å². The molecule has 0 fully saturated rings. The molecule has 1 rings (SSSR count). The Bertz CT molecular complexity index is 350. The SMILES string of the molecule is CCOCCCNCCSc1ccc(Cl)c(Cl)c1. The molecule has 0 spiro atoms. The molecule has 1 aromatic rings. The van der Waals surface area contributed by atoms with Gasteiger partial charge < -0.3 is 10.1 Å². The Kier molecular flexibility index (Phi) is 8.90. The van der Waals surface area contributed by atoms with Gasteiger partial charge in [-0.3, -0.25) is 0 Å². The molecular formula is C13H19Cl2NOS. The molecule has 0 aliphatic heterocycles. The number of hydrogen-bond acceptors (Lipinski definition) is 3. The third kappa shape index (κ3) is 6.86. The summed E-state index contributed by atoms with van der Waals surface area (Å²) in [6.45, 7) is 5.64. The van der Waals surface area contributed by atoms with Gasteiger partial charge in [0.05, 0.1) is 10.0 Å². The van der Waals surface area contributed by atoms with Gasteiger partial charge in [-0.15, -0.1) is 11.8 Å². The number of ether oxygens (including phenoxy) is 1. The molecule has 0 unspecified atom stereocenters. The van der Waals surface area contributed by atoms with E-state index >= 15 is 0 Å². The van der Waals surface area contributed by atoms with Crippen molar-refractivity contribution < 1.29 is 4.74 Å². The van der Waals surface area contributed by atoms with E-state index in [1.165, 1.54) is 0 Å². The monoisotopic (exact) mass is 307 g/mol. The lowest BCUT2D eigenvalue weighted by Crippen LogP contribution is -2.19. The average molecular weight is 308 g/mol. The van der Waals surface area contributed by atoms with E-state index in [-0.39, 0.29) is 0 Å². The number of rotatable bonds is 9. The number of hydrogen-bond donors (Lipinski definition) is 1. The van der Waals surface area contributed by atoms with Crippen LogP contribution < -0.4 is 5.32 Å². The van der Waals surface area contributed by atoms with Crippen LogP contribution in [0.5, 0.6) is 0 Å². The van der Waals surface area contributed by atoms with Crippen LogP contribution in [0.3, 0.4) is 0 Å². The highest BCUT2D eigenvalue weighted by Crippen LogP contribution is 2.27. The zero-order valence-electron chi connectivity index (χ0n) is 10.5. The van der Waals surface area contributed by atoms with Crippen molar-refractivity contribution in [2.45, 2.75) is 18.2 Å². The maximum Gasteiger partial charge on any atom is 0.0603 e. The van der Waals surface area contributed by atoms with Crippen molar-refractivity contribution in [3.05, 3.63) is 28.2 Å². The van der Waals surface area contributed by atoms with Crippen molar-refractivity contribution in [3.63, 3.8) is 0 Å². The third-order valence-electron chi connectivity index (χ3n) is 2.28. The molecule has 5 heteroatoms. The van der Waals surface area contributed by atoms with E-state index in [1.807, 2.05) is 25.1 Å². The first-order valence-corrected chi connectivity index (χ1v) is 7.84. The van der Waals surface area contributed by atoms with Gasteiger partial charge in [0.25, 0.3) is 0 Å². The highest BCUT2D eigenvalue weighted by molar-refractivity contribution is 7.99. The Morgan fingerprint density at radius 1 is 1.22 bits per heavy atom. The Morgan fingerprint density at radius 2 is 2.06 bits per heavy atom. The Morgan fingerprint density at radius 3 is 2.78 bits per heavy atom. The van der Waals surface area contributed by atoms with Crippen LogP contribution in [0.4, 0.5) is 0 Å². The van der Waals surface area contributed by atoms with Gasteiger partial charge in [0.1, 0.15) is 0 Å². The summed E-state index contributed by atoms with van der Waals surface area (Å²) in [5, 5.41) is 4.60. The van der Waals surface area contributed by atoms with Crippen molar-refractivity contribution in [2.75, 3.05) is 32.1 Å². The fraction of sp³-hybridized carbons (Fsp3) is 0.538. The van der Waals surface area contributed by atoms with Gasteiger partial charge >= 0.3 is 0 Å². The molecule has 0 aliphatic rings. The van der Waals surface area contributed by atoms with E-state index in [0.717, 1.165) is 43.4 Å². The number of thioether (sulfide) groups is 1. The smallest absolute Gasteiger partial charge is 0.0603 e. The fourth-order valence-electron chi connectivity index (χ4n) is 1.38.